The van der Waals surface area contributed by atoms with Crippen molar-refractivity contribution >= 4 is 27.5 Å². The van der Waals surface area contributed by atoms with Crippen molar-refractivity contribution in [1.29, 1.82) is 0 Å². The molecule has 0 heterocycles. The highest BCUT2D eigenvalue weighted by Gasteiger charge is 2.17. The Morgan fingerprint density at radius 2 is 1.68 bits per heavy atom. The molecule has 0 saturated carbocycles. The Morgan fingerprint density at radius 1 is 1.11 bits per heavy atom. The summed E-state index contributed by atoms with van der Waals surface area (Å²) in [6.45, 7) is 0. The number of rotatable bonds is 4. The number of nitrogens with two attached hydrogens (primary N) is 1. The summed E-state index contributed by atoms with van der Waals surface area (Å²) in [7, 11) is 0. The minimum atomic E-state index is -0.693. The van der Waals surface area contributed by atoms with Gasteiger partial charge in [-0.3, -0.25) is 4.79 Å². The smallest absolute Gasteiger partial charge is 0.244 e. The van der Waals surface area contributed by atoms with E-state index in [0.29, 0.717) is 5.56 Å². The normalized spacial score (nSPS) is 11.9. The summed E-state index contributed by atoms with van der Waals surface area (Å²) < 4.78 is 13.8. The molecule has 0 bridgehead atoms. The average Bonchev–Trinajstić information content (AvgIpc) is 2.39. The molecule has 3 N–H and O–H groups in total. The first-order valence-electron chi connectivity index (χ1n) is 5.63. The van der Waals surface area contributed by atoms with Gasteiger partial charge in [-0.25, -0.2) is 4.39 Å². The summed E-state index contributed by atoms with van der Waals surface area (Å²) in [6, 6.07) is 12.3. The molecule has 0 fully saturated rings. The molecule has 3 nitrogen and oxygen atoms in total. The van der Waals surface area contributed by atoms with Crippen LogP contribution in [0.5, 0.6) is 0 Å². The largest absolute Gasteiger partial charge is 0.370 e. The minimum Gasteiger partial charge on any atom is -0.370 e. The molecule has 2 aromatic rings. The third-order valence-corrected chi connectivity index (χ3v) is 3.17. The van der Waals surface area contributed by atoms with E-state index in [9.17, 15) is 9.18 Å². The van der Waals surface area contributed by atoms with Gasteiger partial charge in [0.05, 0.1) is 0 Å². The lowest BCUT2D eigenvalue weighted by atomic mass is 10.1. The molecule has 0 aliphatic carbocycles. The molecule has 0 aliphatic heterocycles. The fourth-order valence-corrected chi connectivity index (χ4v) is 1.95. The first-order valence-corrected chi connectivity index (χ1v) is 6.42. The van der Waals surface area contributed by atoms with Crippen molar-refractivity contribution in [3.05, 3.63) is 64.4 Å². The van der Waals surface area contributed by atoms with E-state index in [0.717, 1.165) is 10.2 Å². The van der Waals surface area contributed by atoms with Crippen molar-refractivity contribution in [2.75, 3.05) is 5.32 Å². The van der Waals surface area contributed by atoms with Gasteiger partial charge in [0.15, 0.2) is 0 Å². The van der Waals surface area contributed by atoms with Crippen LogP contribution in [-0.4, -0.2) is 5.91 Å². The van der Waals surface area contributed by atoms with E-state index in [2.05, 4.69) is 21.2 Å². The Balaban J connectivity index is 2.23. The molecule has 5 heteroatoms. The maximum atomic E-state index is 12.9. The topological polar surface area (TPSA) is 55.1 Å². The Kier molecular flexibility index (Phi) is 4.16. The van der Waals surface area contributed by atoms with Gasteiger partial charge in [-0.05, 0) is 42.0 Å². The van der Waals surface area contributed by atoms with Crippen LogP contribution in [0.25, 0.3) is 0 Å². The number of carbonyl (C=O) groups excluding carboxylic acids is 1. The predicted octanol–water partition coefficient (Wildman–Crippen LogP) is 3.23. The zero-order chi connectivity index (χ0) is 13.8. The van der Waals surface area contributed by atoms with Gasteiger partial charge in [0.2, 0.25) is 5.91 Å². The van der Waals surface area contributed by atoms with E-state index in [-0.39, 0.29) is 5.82 Å². The molecule has 19 heavy (non-hydrogen) atoms. The van der Waals surface area contributed by atoms with E-state index >= 15 is 0 Å². The van der Waals surface area contributed by atoms with Gasteiger partial charge < -0.3 is 11.1 Å². The molecule has 0 aliphatic rings. The van der Waals surface area contributed by atoms with Gasteiger partial charge in [-0.2, -0.15) is 0 Å². The first kappa shape index (κ1) is 13.5. The third-order valence-electron chi connectivity index (χ3n) is 2.64. The number of benzene rings is 2. The summed E-state index contributed by atoms with van der Waals surface area (Å²) in [5, 5.41) is 3.02. The van der Waals surface area contributed by atoms with Gasteiger partial charge in [-0.1, -0.05) is 28.1 Å². The standard InChI is InChI=1S/C14H12BrFN2O/c15-10-3-7-12(8-4-10)18-13(14(17)19)9-1-5-11(16)6-2-9/h1-8,13,18H,(H2,17,19)/t13-/m0/s1. The summed E-state index contributed by atoms with van der Waals surface area (Å²) in [6.07, 6.45) is 0. The van der Waals surface area contributed by atoms with Crippen molar-refractivity contribution in [1.82, 2.24) is 0 Å². The molecule has 0 aromatic heterocycles. The monoisotopic (exact) mass is 322 g/mol. The number of carbonyl (C=O) groups is 1. The maximum Gasteiger partial charge on any atom is 0.244 e. The second-order valence-corrected chi connectivity index (χ2v) is 4.95. The predicted molar refractivity (Wildman–Crippen MR) is 76.1 cm³/mol. The summed E-state index contributed by atoms with van der Waals surface area (Å²) in [5.41, 5.74) is 6.76. The quantitative estimate of drug-likeness (QED) is 0.908. The number of halogens is 2. The number of amides is 1. The second kappa shape index (κ2) is 5.84. The zero-order valence-corrected chi connectivity index (χ0v) is 11.5. The van der Waals surface area contributed by atoms with Crippen molar-refractivity contribution in [3.8, 4) is 0 Å². The SMILES string of the molecule is NC(=O)[C@@H](Nc1ccc(Br)cc1)c1ccc(F)cc1. The van der Waals surface area contributed by atoms with Crippen LogP contribution < -0.4 is 11.1 Å². The lowest BCUT2D eigenvalue weighted by Crippen LogP contribution is -2.27. The van der Waals surface area contributed by atoms with E-state index in [1.165, 1.54) is 24.3 Å². The van der Waals surface area contributed by atoms with Crippen LogP contribution in [0.15, 0.2) is 53.0 Å². The number of hydrogen-bond acceptors (Lipinski definition) is 2. The zero-order valence-electron chi connectivity index (χ0n) is 9.94. The van der Waals surface area contributed by atoms with Crippen LogP contribution in [-0.2, 0) is 4.79 Å². The molecule has 0 spiro atoms. The number of nitrogens with one attached hydrogen (secondary N) is 1. The molecule has 0 radical (unpaired) electrons. The van der Waals surface area contributed by atoms with Crippen molar-refractivity contribution in [2.24, 2.45) is 5.73 Å². The van der Waals surface area contributed by atoms with Crippen molar-refractivity contribution in [2.45, 2.75) is 6.04 Å². The fraction of sp³-hybridized carbons (Fsp3) is 0.0714. The third kappa shape index (κ3) is 3.54. The highest BCUT2D eigenvalue weighted by molar-refractivity contribution is 9.10. The van der Waals surface area contributed by atoms with Gasteiger partial charge in [-0.15, -0.1) is 0 Å². The molecule has 1 amide bonds. The van der Waals surface area contributed by atoms with Crippen LogP contribution in [0.4, 0.5) is 10.1 Å². The van der Waals surface area contributed by atoms with Crippen LogP contribution in [0.3, 0.4) is 0 Å². The number of hydrogen-bond donors (Lipinski definition) is 2. The highest BCUT2D eigenvalue weighted by Crippen LogP contribution is 2.21. The molecular weight excluding hydrogens is 311 g/mol. The number of anilines is 1. The van der Waals surface area contributed by atoms with E-state index in [1.54, 1.807) is 0 Å². The van der Waals surface area contributed by atoms with E-state index in [4.69, 9.17) is 5.73 Å². The van der Waals surface area contributed by atoms with Crippen LogP contribution in [0, 0.1) is 5.82 Å². The lowest BCUT2D eigenvalue weighted by molar-refractivity contribution is -0.118. The Labute approximate surface area is 118 Å². The van der Waals surface area contributed by atoms with Gasteiger partial charge in [0.25, 0.3) is 0 Å². The second-order valence-electron chi connectivity index (χ2n) is 4.04. The molecule has 0 saturated heterocycles. The Morgan fingerprint density at radius 3 is 2.21 bits per heavy atom. The molecule has 2 rings (SSSR count). The highest BCUT2D eigenvalue weighted by atomic mass is 79.9. The van der Waals surface area contributed by atoms with Gasteiger partial charge in [0, 0.05) is 10.2 Å². The lowest BCUT2D eigenvalue weighted by Gasteiger charge is -2.17. The first-order chi connectivity index (χ1) is 9.06. The Bertz CT molecular complexity index is 569. The molecular formula is C14H12BrFN2O. The van der Waals surface area contributed by atoms with Crippen molar-refractivity contribution in [3.63, 3.8) is 0 Å². The van der Waals surface area contributed by atoms with Crippen molar-refractivity contribution < 1.29 is 9.18 Å². The van der Waals surface area contributed by atoms with Gasteiger partial charge in [0.1, 0.15) is 11.9 Å². The average molecular weight is 323 g/mol. The van der Waals surface area contributed by atoms with Crippen LogP contribution in [0.2, 0.25) is 0 Å². The summed E-state index contributed by atoms with van der Waals surface area (Å²) >= 11 is 3.33. The molecule has 2 aromatic carbocycles. The fourth-order valence-electron chi connectivity index (χ4n) is 1.69. The van der Waals surface area contributed by atoms with Crippen LogP contribution >= 0.6 is 15.9 Å². The number of primary amides is 1. The Hall–Kier alpha value is -1.88. The van der Waals surface area contributed by atoms with E-state index < -0.39 is 11.9 Å². The summed E-state index contributed by atoms with van der Waals surface area (Å²) in [4.78, 5) is 11.5. The maximum absolute atomic E-state index is 12.9. The van der Waals surface area contributed by atoms with E-state index in [1.807, 2.05) is 24.3 Å². The summed E-state index contributed by atoms with van der Waals surface area (Å²) in [5.74, 6) is -0.870. The molecule has 1 atom stereocenters. The van der Waals surface area contributed by atoms with Crippen LogP contribution in [0.1, 0.15) is 11.6 Å². The minimum absolute atomic E-state index is 0.351. The molecule has 98 valence electrons. The van der Waals surface area contributed by atoms with Gasteiger partial charge >= 0.3 is 0 Å². The molecule has 0 unspecified atom stereocenters.